The van der Waals surface area contributed by atoms with Crippen LogP contribution in [-0.4, -0.2) is 42.7 Å². The van der Waals surface area contributed by atoms with Crippen molar-refractivity contribution in [3.63, 3.8) is 0 Å². The van der Waals surface area contributed by atoms with Crippen molar-refractivity contribution in [1.82, 2.24) is 4.90 Å². The normalized spacial score (nSPS) is 16.6. The molecule has 0 radical (unpaired) electrons. The molecule has 19 heavy (non-hydrogen) atoms. The summed E-state index contributed by atoms with van der Waals surface area (Å²) in [6, 6.07) is 6.90. The second kappa shape index (κ2) is 6.57. The Bertz CT molecular complexity index is 425. The van der Waals surface area contributed by atoms with E-state index in [4.69, 9.17) is 4.74 Å². The van der Waals surface area contributed by atoms with Crippen LogP contribution in [0.5, 0.6) is 5.75 Å². The van der Waals surface area contributed by atoms with Gasteiger partial charge >= 0.3 is 0 Å². The van der Waals surface area contributed by atoms with E-state index in [9.17, 15) is 9.90 Å². The summed E-state index contributed by atoms with van der Waals surface area (Å²) >= 11 is 0. The summed E-state index contributed by atoms with van der Waals surface area (Å²) in [5, 5.41) is 9.39. The molecule has 104 valence electrons. The smallest absolute Gasteiger partial charge is 0.226 e. The van der Waals surface area contributed by atoms with Crippen LogP contribution in [0.25, 0.3) is 0 Å². The number of hydrogen-bond acceptors (Lipinski definition) is 3. The van der Waals surface area contributed by atoms with Gasteiger partial charge < -0.3 is 14.7 Å². The molecule has 1 aliphatic heterocycles. The lowest BCUT2D eigenvalue weighted by atomic mass is 9.97. The maximum atomic E-state index is 12.2. The van der Waals surface area contributed by atoms with Crippen LogP contribution in [0.4, 0.5) is 0 Å². The zero-order valence-electron chi connectivity index (χ0n) is 11.3. The lowest BCUT2D eigenvalue weighted by Crippen LogP contribution is -2.40. The monoisotopic (exact) mass is 263 g/mol. The molecule has 1 aromatic carbocycles. The third kappa shape index (κ3) is 3.96. The van der Waals surface area contributed by atoms with Crippen molar-refractivity contribution in [3.05, 3.63) is 29.8 Å². The second-order valence-corrected chi connectivity index (χ2v) is 5.13. The van der Waals surface area contributed by atoms with Gasteiger partial charge in [-0.1, -0.05) is 12.1 Å². The van der Waals surface area contributed by atoms with Crippen molar-refractivity contribution in [2.24, 2.45) is 5.92 Å². The molecule has 1 aromatic rings. The summed E-state index contributed by atoms with van der Waals surface area (Å²) in [4.78, 5) is 14.1. The predicted molar refractivity (Wildman–Crippen MR) is 73.0 cm³/mol. The van der Waals surface area contributed by atoms with E-state index in [1.54, 1.807) is 25.3 Å². The molecule has 0 atom stereocenters. The Balaban J connectivity index is 1.84. The van der Waals surface area contributed by atoms with Gasteiger partial charge in [0.2, 0.25) is 5.91 Å². The van der Waals surface area contributed by atoms with E-state index < -0.39 is 0 Å². The average molecular weight is 263 g/mol. The number of nitrogens with zero attached hydrogens (tertiary/aromatic N) is 1. The Morgan fingerprint density at radius 1 is 1.42 bits per heavy atom. The van der Waals surface area contributed by atoms with Crippen LogP contribution in [0.2, 0.25) is 0 Å². The van der Waals surface area contributed by atoms with Gasteiger partial charge in [-0.3, -0.25) is 4.79 Å². The molecule has 2 rings (SSSR count). The zero-order chi connectivity index (χ0) is 13.7. The molecule has 0 aromatic heterocycles. The van der Waals surface area contributed by atoms with Crippen molar-refractivity contribution < 1.29 is 14.6 Å². The SMILES string of the molecule is COCC1CCN(C(=O)Cc2cccc(O)c2)CC1. The number of ether oxygens (including phenoxy) is 1. The molecule has 4 nitrogen and oxygen atoms in total. The molecule has 0 aliphatic carbocycles. The zero-order valence-corrected chi connectivity index (χ0v) is 11.3. The number of aromatic hydroxyl groups is 1. The summed E-state index contributed by atoms with van der Waals surface area (Å²) in [5.41, 5.74) is 0.865. The van der Waals surface area contributed by atoms with Crippen molar-refractivity contribution in [1.29, 1.82) is 0 Å². The van der Waals surface area contributed by atoms with Gasteiger partial charge in [0.15, 0.2) is 0 Å². The average Bonchev–Trinajstić information content (AvgIpc) is 2.40. The molecular weight excluding hydrogens is 242 g/mol. The first kappa shape index (κ1) is 13.9. The quantitative estimate of drug-likeness (QED) is 0.901. The van der Waals surface area contributed by atoms with E-state index in [0.717, 1.165) is 38.1 Å². The van der Waals surface area contributed by atoms with Gasteiger partial charge in [-0.25, -0.2) is 0 Å². The van der Waals surface area contributed by atoms with Gasteiger partial charge in [-0.05, 0) is 36.5 Å². The minimum absolute atomic E-state index is 0.140. The number of methoxy groups -OCH3 is 1. The minimum Gasteiger partial charge on any atom is -0.508 e. The molecule has 0 saturated carbocycles. The fraction of sp³-hybridized carbons (Fsp3) is 0.533. The Hall–Kier alpha value is -1.55. The van der Waals surface area contributed by atoms with E-state index in [0.29, 0.717) is 12.3 Å². The van der Waals surface area contributed by atoms with E-state index >= 15 is 0 Å². The number of phenolic OH excluding ortho intramolecular Hbond substituents is 1. The summed E-state index contributed by atoms with van der Waals surface area (Å²) in [6.45, 7) is 2.41. The van der Waals surface area contributed by atoms with Gasteiger partial charge in [-0.2, -0.15) is 0 Å². The molecule has 0 unspecified atom stereocenters. The minimum atomic E-state index is 0.140. The molecule has 0 spiro atoms. The maximum absolute atomic E-state index is 12.2. The van der Waals surface area contributed by atoms with E-state index in [1.807, 2.05) is 11.0 Å². The Labute approximate surface area is 114 Å². The van der Waals surface area contributed by atoms with Crippen LogP contribution in [0, 0.1) is 5.92 Å². The summed E-state index contributed by atoms with van der Waals surface area (Å²) < 4.78 is 5.15. The summed E-state index contributed by atoms with van der Waals surface area (Å²) in [6.07, 6.45) is 2.39. The topological polar surface area (TPSA) is 49.8 Å². The molecule has 1 amide bonds. The van der Waals surface area contributed by atoms with E-state index in [2.05, 4.69) is 0 Å². The number of amides is 1. The molecule has 1 aliphatic rings. The number of hydrogen-bond donors (Lipinski definition) is 1. The molecule has 1 N–H and O–H groups in total. The number of benzene rings is 1. The van der Waals surface area contributed by atoms with Gasteiger partial charge in [0, 0.05) is 26.8 Å². The van der Waals surface area contributed by atoms with Crippen molar-refractivity contribution in [2.75, 3.05) is 26.8 Å². The van der Waals surface area contributed by atoms with Gasteiger partial charge in [0.1, 0.15) is 5.75 Å². The molecule has 1 fully saturated rings. The molecule has 0 bridgehead atoms. The highest BCUT2D eigenvalue weighted by Gasteiger charge is 2.22. The summed E-state index contributed by atoms with van der Waals surface area (Å²) in [7, 11) is 1.72. The number of phenols is 1. The first-order valence-electron chi connectivity index (χ1n) is 6.73. The Morgan fingerprint density at radius 2 is 2.16 bits per heavy atom. The second-order valence-electron chi connectivity index (χ2n) is 5.13. The van der Waals surface area contributed by atoms with Crippen molar-refractivity contribution >= 4 is 5.91 Å². The Kier molecular flexibility index (Phi) is 4.80. The third-order valence-corrected chi connectivity index (χ3v) is 3.64. The number of rotatable bonds is 4. The Morgan fingerprint density at radius 3 is 2.79 bits per heavy atom. The first-order valence-corrected chi connectivity index (χ1v) is 6.73. The highest BCUT2D eigenvalue weighted by Crippen LogP contribution is 2.19. The third-order valence-electron chi connectivity index (χ3n) is 3.64. The van der Waals surface area contributed by atoms with Crippen LogP contribution in [0.15, 0.2) is 24.3 Å². The molecule has 1 saturated heterocycles. The van der Waals surface area contributed by atoms with Crippen molar-refractivity contribution in [3.8, 4) is 5.75 Å². The van der Waals surface area contributed by atoms with Crippen LogP contribution in [-0.2, 0) is 16.0 Å². The fourth-order valence-electron chi connectivity index (χ4n) is 2.54. The molecular formula is C15H21NO3. The largest absolute Gasteiger partial charge is 0.508 e. The number of carbonyl (C=O) groups is 1. The van der Waals surface area contributed by atoms with Crippen LogP contribution >= 0.6 is 0 Å². The van der Waals surface area contributed by atoms with Crippen LogP contribution in [0.1, 0.15) is 18.4 Å². The fourth-order valence-corrected chi connectivity index (χ4v) is 2.54. The predicted octanol–water partition coefficient (Wildman–Crippen LogP) is 1.82. The van der Waals surface area contributed by atoms with Crippen LogP contribution in [0.3, 0.4) is 0 Å². The highest BCUT2D eigenvalue weighted by atomic mass is 16.5. The van der Waals surface area contributed by atoms with Gasteiger partial charge in [-0.15, -0.1) is 0 Å². The highest BCUT2D eigenvalue weighted by molar-refractivity contribution is 5.79. The lowest BCUT2D eigenvalue weighted by Gasteiger charge is -2.31. The van der Waals surface area contributed by atoms with E-state index in [1.165, 1.54) is 0 Å². The first-order chi connectivity index (χ1) is 9.19. The lowest BCUT2D eigenvalue weighted by molar-refractivity contribution is -0.132. The maximum Gasteiger partial charge on any atom is 0.226 e. The standard InChI is InChI=1S/C15H21NO3/c1-19-11-12-5-7-16(8-6-12)15(18)10-13-3-2-4-14(17)9-13/h2-4,9,12,17H,5-8,10-11H2,1H3. The van der Waals surface area contributed by atoms with Gasteiger partial charge in [0.25, 0.3) is 0 Å². The van der Waals surface area contributed by atoms with E-state index in [-0.39, 0.29) is 11.7 Å². The van der Waals surface area contributed by atoms with Crippen LogP contribution < -0.4 is 0 Å². The molecule has 4 heteroatoms. The number of piperidine rings is 1. The molecule has 1 heterocycles. The summed E-state index contributed by atoms with van der Waals surface area (Å²) in [5.74, 6) is 0.931. The van der Waals surface area contributed by atoms with Crippen molar-refractivity contribution in [2.45, 2.75) is 19.3 Å². The number of carbonyl (C=O) groups excluding carboxylic acids is 1. The number of likely N-dealkylation sites (tertiary alicyclic amines) is 1. The van der Waals surface area contributed by atoms with Gasteiger partial charge in [0.05, 0.1) is 6.42 Å².